The van der Waals surface area contributed by atoms with Gasteiger partial charge in [-0.3, -0.25) is 4.99 Å². The van der Waals surface area contributed by atoms with E-state index < -0.39 is 14.6 Å². The molecule has 0 aromatic rings. The number of guanidine groups is 1. The van der Waals surface area contributed by atoms with Gasteiger partial charge in [-0.25, -0.2) is 8.42 Å². The summed E-state index contributed by atoms with van der Waals surface area (Å²) in [6.45, 7) is 5.62. The number of sulfone groups is 1. The number of hydrogen-bond donors (Lipinski definition) is 2. The minimum atomic E-state index is -3.11. The van der Waals surface area contributed by atoms with Crippen LogP contribution in [0, 0.1) is 0 Å². The Labute approximate surface area is 170 Å². The van der Waals surface area contributed by atoms with Crippen LogP contribution >= 0.6 is 24.0 Å². The molecule has 8 heteroatoms. The zero-order valence-electron chi connectivity index (χ0n) is 16.2. The number of piperidine rings is 2. The molecule has 25 heavy (non-hydrogen) atoms. The van der Waals surface area contributed by atoms with Crippen molar-refractivity contribution in [3.8, 4) is 0 Å². The quantitative estimate of drug-likeness (QED) is 0.361. The fourth-order valence-corrected chi connectivity index (χ4v) is 4.71. The molecule has 0 aromatic carbocycles. The molecule has 0 spiro atoms. The summed E-state index contributed by atoms with van der Waals surface area (Å²) in [7, 11) is 0.878. The van der Waals surface area contributed by atoms with Gasteiger partial charge >= 0.3 is 0 Å². The molecular formula is C17H35IN4O2S. The van der Waals surface area contributed by atoms with E-state index in [2.05, 4.69) is 27.6 Å². The first kappa shape index (κ1) is 23.0. The summed E-state index contributed by atoms with van der Waals surface area (Å²) < 4.78 is 23.6. The van der Waals surface area contributed by atoms with E-state index >= 15 is 0 Å². The molecule has 0 radical (unpaired) electrons. The van der Waals surface area contributed by atoms with Crippen molar-refractivity contribution in [2.75, 3.05) is 26.4 Å². The van der Waals surface area contributed by atoms with E-state index in [0.717, 1.165) is 12.8 Å². The second-order valence-corrected chi connectivity index (χ2v) is 11.0. The first-order valence-corrected chi connectivity index (χ1v) is 10.7. The molecule has 2 fully saturated rings. The Kier molecular flexibility index (Phi) is 8.46. The van der Waals surface area contributed by atoms with Crippen LogP contribution in [0.4, 0.5) is 0 Å². The topological polar surface area (TPSA) is 73.8 Å². The largest absolute Gasteiger partial charge is 0.355 e. The standard InChI is InChI=1S/C17H34N4O2S.HI/c1-17(2,3)24(22,23)10-9-19-16(18-4)20-13-11-14-7-6-8-15(12-13)21(14)5;/h13-15H,6-12H2,1-5H3,(H2,18,19,20);1H. The van der Waals surface area contributed by atoms with E-state index in [4.69, 9.17) is 0 Å². The number of rotatable bonds is 4. The van der Waals surface area contributed by atoms with E-state index in [1.54, 1.807) is 27.8 Å². The summed E-state index contributed by atoms with van der Waals surface area (Å²) in [6.07, 6.45) is 6.16. The molecule has 148 valence electrons. The Morgan fingerprint density at radius 1 is 1.20 bits per heavy atom. The average Bonchev–Trinajstić information content (AvgIpc) is 2.45. The van der Waals surface area contributed by atoms with Crippen molar-refractivity contribution in [2.24, 2.45) is 4.99 Å². The van der Waals surface area contributed by atoms with Gasteiger partial charge in [-0.1, -0.05) is 6.42 Å². The third-order valence-corrected chi connectivity index (χ3v) is 8.11. The van der Waals surface area contributed by atoms with E-state index in [-0.39, 0.29) is 29.7 Å². The Bertz CT molecular complexity index is 545. The lowest BCUT2D eigenvalue weighted by Gasteiger charge is -2.47. The predicted octanol–water partition coefficient (Wildman–Crippen LogP) is 2.00. The van der Waals surface area contributed by atoms with Gasteiger partial charge in [0.05, 0.1) is 10.5 Å². The van der Waals surface area contributed by atoms with Crippen molar-refractivity contribution in [1.82, 2.24) is 15.5 Å². The van der Waals surface area contributed by atoms with Crippen molar-refractivity contribution < 1.29 is 8.42 Å². The first-order chi connectivity index (χ1) is 11.1. The van der Waals surface area contributed by atoms with Gasteiger partial charge in [0, 0.05) is 31.7 Å². The summed E-state index contributed by atoms with van der Waals surface area (Å²) in [5.41, 5.74) is 0. The van der Waals surface area contributed by atoms with Crippen LogP contribution in [0.3, 0.4) is 0 Å². The van der Waals surface area contributed by atoms with Crippen LogP contribution in [0.1, 0.15) is 52.9 Å². The molecule has 2 heterocycles. The fourth-order valence-electron chi connectivity index (χ4n) is 3.73. The van der Waals surface area contributed by atoms with E-state index in [1.165, 1.54) is 19.3 Å². The minimum Gasteiger partial charge on any atom is -0.355 e. The molecule has 0 saturated carbocycles. The minimum absolute atomic E-state index is 0. The Morgan fingerprint density at radius 3 is 2.24 bits per heavy atom. The molecule has 2 bridgehead atoms. The van der Waals surface area contributed by atoms with Crippen LogP contribution < -0.4 is 10.6 Å². The van der Waals surface area contributed by atoms with Crippen LogP contribution in [-0.4, -0.2) is 68.5 Å². The number of hydrogen-bond acceptors (Lipinski definition) is 4. The highest BCUT2D eigenvalue weighted by atomic mass is 127. The molecule has 0 aliphatic carbocycles. The molecule has 6 nitrogen and oxygen atoms in total. The van der Waals surface area contributed by atoms with Crippen molar-refractivity contribution >= 4 is 39.8 Å². The average molecular weight is 486 g/mol. The molecule has 2 N–H and O–H groups in total. The van der Waals surface area contributed by atoms with Crippen molar-refractivity contribution in [3.63, 3.8) is 0 Å². The molecular weight excluding hydrogens is 451 g/mol. The summed E-state index contributed by atoms with van der Waals surface area (Å²) in [5, 5.41) is 6.67. The SMILES string of the molecule is CN=C(NCCS(=O)(=O)C(C)(C)C)NC1CC2CCCC(C1)N2C.I. The second kappa shape index (κ2) is 9.21. The van der Waals surface area contributed by atoms with Crippen molar-refractivity contribution in [3.05, 3.63) is 0 Å². The molecule has 2 aliphatic heterocycles. The summed E-state index contributed by atoms with van der Waals surface area (Å²) in [6, 6.07) is 1.74. The van der Waals surface area contributed by atoms with Gasteiger partial charge in [0.2, 0.25) is 0 Å². The van der Waals surface area contributed by atoms with Crippen LogP contribution in [0.15, 0.2) is 4.99 Å². The maximum absolute atomic E-state index is 12.2. The Hall–Kier alpha value is -0.0900. The zero-order chi connectivity index (χ0) is 18.0. The number of halogens is 1. The van der Waals surface area contributed by atoms with E-state index in [0.29, 0.717) is 30.6 Å². The predicted molar refractivity (Wildman–Crippen MR) is 116 cm³/mol. The maximum Gasteiger partial charge on any atom is 0.191 e. The highest BCUT2D eigenvalue weighted by Crippen LogP contribution is 2.32. The third-order valence-electron chi connectivity index (χ3n) is 5.50. The number of fused-ring (bicyclic) bond motifs is 2. The van der Waals surface area contributed by atoms with Crippen LogP contribution in [-0.2, 0) is 9.84 Å². The smallest absolute Gasteiger partial charge is 0.191 e. The summed E-state index contributed by atoms with van der Waals surface area (Å²) >= 11 is 0. The first-order valence-electron chi connectivity index (χ1n) is 9.05. The summed E-state index contributed by atoms with van der Waals surface area (Å²) in [4.78, 5) is 6.80. The normalized spacial score (nSPS) is 28.2. The molecule has 2 unspecified atom stereocenters. The van der Waals surface area contributed by atoms with Crippen molar-refractivity contribution in [1.29, 1.82) is 0 Å². The van der Waals surface area contributed by atoms with Crippen LogP contribution in [0.5, 0.6) is 0 Å². The third kappa shape index (κ3) is 5.95. The number of nitrogens with one attached hydrogen (secondary N) is 2. The monoisotopic (exact) mass is 486 g/mol. The zero-order valence-corrected chi connectivity index (χ0v) is 19.4. The molecule has 0 amide bonds. The second-order valence-electron chi connectivity index (χ2n) is 8.15. The van der Waals surface area contributed by atoms with Gasteiger partial charge < -0.3 is 15.5 Å². The van der Waals surface area contributed by atoms with E-state index in [1.807, 2.05) is 0 Å². The fraction of sp³-hybridized carbons (Fsp3) is 0.941. The molecule has 2 atom stereocenters. The van der Waals surface area contributed by atoms with E-state index in [9.17, 15) is 8.42 Å². The van der Waals surface area contributed by atoms with Gasteiger partial charge in [0.25, 0.3) is 0 Å². The van der Waals surface area contributed by atoms with Crippen molar-refractivity contribution in [2.45, 2.75) is 75.7 Å². The Morgan fingerprint density at radius 2 is 1.76 bits per heavy atom. The molecule has 0 aromatic heterocycles. The lowest BCUT2D eigenvalue weighted by atomic mass is 9.82. The molecule has 2 aliphatic rings. The lowest BCUT2D eigenvalue weighted by molar-refractivity contribution is 0.0526. The maximum atomic E-state index is 12.2. The highest BCUT2D eigenvalue weighted by Gasteiger charge is 2.36. The lowest BCUT2D eigenvalue weighted by Crippen LogP contribution is -2.56. The molecule has 2 saturated heterocycles. The summed E-state index contributed by atoms with van der Waals surface area (Å²) in [5.74, 6) is 0.835. The van der Waals surface area contributed by atoms with Gasteiger partial charge in [-0.05, 0) is 53.5 Å². The highest BCUT2D eigenvalue weighted by molar-refractivity contribution is 14.0. The van der Waals surface area contributed by atoms with Gasteiger partial charge in [-0.15, -0.1) is 24.0 Å². The molecule has 2 rings (SSSR count). The van der Waals surface area contributed by atoms with Crippen LogP contribution in [0.25, 0.3) is 0 Å². The van der Waals surface area contributed by atoms with Gasteiger partial charge in [0.1, 0.15) is 0 Å². The number of nitrogens with zero attached hydrogens (tertiary/aromatic N) is 2. The van der Waals surface area contributed by atoms with Gasteiger partial charge in [-0.2, -0.15) is 0 Å². The Balaban J connectivity index is 0.00000312. The number of aliphatic imine (C=N–C) groups is 1. The van der Waals surface area contributed by atoms with Gasteiger partial charge in [0.15, 0.2) is 15.8 Å². The van der Waals surface area contributed by atoms with Crippen LogP contribution in [0.2, 0.25) is 0 Å².